The van der Waals surface area contributed by atoms with Crippen molar-refractivity contribution in [1.82, 2.24) is 19.7 Å². The highest BCUT2D eigenvalue weighted by atomic mass is 19.3. The minimum Gasteiger partial charge on any atom is -0.497 e. The van der Waals surface area contributed by atoms with Crippen molar-refractivity contribution in [1.29, 1.82) is 0 Å². The van der Waals surface area contributed by atoms with Gasteiger partial charge in [0.1, 0.15) is 22.9 Å². The van der Waals surface area contributed by atoms with E-state index in [4.69, 9.17) is 4.74 Å². The maximum Gasteiger partial charge on any atom is 0.387 e. The lowest BCUT2D eigenvalue weighted by Gasteiger charge is -2.12. The summed E-state index contributed by atoms with van der Waals surface area (Å²) in [5, 5.41) is 8.97. The van der Waals surface area contributed by atoms with Crippen LogP contribution in [0.1, 0.15) is 10.4 Å². The third-order valence-electron chi connectivity index (χ3n) is 4.52. The van der Waals surface area contributed by atoms with Crippen LogP contribution in [-0.4, -0.2) is 39.4 Å². The van der Waals surface area contributed by atoms with Crippen LogP contribution in [0.5, 0.6) is 11.5 Å². The number of H-pyrrole nitrogens is 1. The Bertz CT molecular complexity index is 1250. The molecule has 33 heavy (non-hydrogen) atoms. The van der Waals surface area contributed by atoms with E-state index in [9.17, 15) is 22.4 Å². The van der Waals surface area contributed by atoms with Crippen molar-refractivity contribution in [2.45, 2.75) is 6.61 Å². The molecule has 0 aliphatic rings. The lowest BCUT2D eigenvalue weighted by Crippen LogP contribution is -2.16. The van der Waals surface area contributed by atoms with Crippen LogP contribution in [-0.2, 0) is 0 Å². The molecule has 0 saturated heterocycles. The van der Waals surface area contributed by atoms with Gasteiger partial charge in [-0.05, 0) is 30.3 Å². The lowest BCUT2D eigenvalue weighted by molar-refractivity contribution is -0.0498. The van der Waals surface area contributed by atoms with Crippen molar-refractivity contribution in [2.75, 3.05) is 12.4 Å². The zero-order valence-electron chi connectivity index (χ0n) is 16.9. The molecule has 0 atom stereocenters. The molecule has 0 spiro atoms. The standard InChI is InChI=1S/C21H15F4N5O3/c1-32-13-8-14(22)18(15(23)9-13)30-10-17(16-6-7-26-29-16)27-21(30)28-19(31)11-2-4-12(5-3-11)33-20(24)25/h2-10,20H,1H3,(H,26,29)(H,27,28,31). The predicted octanol–water partition coefficient (Wildman–Crippen LogP) is 4.40. The van der Waals surface area contributed by atoms with Gasteiger partial charge in [-0.2, -0.15) is 13.9 Å². The predicted molar refractivity (Wildman–Crippen MR) is 109 cm³/mol. The Labute approximate surface area is 183 Å². The molecule has 4 rings (SSSR count). The molecule has 2 aromatic heterocycles. The van der Waals surface area contributed by atoms with Crippen LogP contribution in [0.4, 0.5) is 23.5 Å². The van der Waals surface area contributed by atoms with E-state index in [0.717, 1.165) is 16.7 Å². The summed E-state index contributed by atoms with van der Waals surface area (Å²) in [5.74, 6) is -2.96. The molecule has 0 radical (unpaired) electrons. The second kappa shape index (κ2) is 9.02. The number of amides is 1. The van der Waals surface area contributed by atoms with Crippen molar-refractivity contribution >= 4 is 11.9 Å². The SMILES string of the molecule is COc1cc(F)c(-n2cc(-c3ccn[nH]3)nc2NC(=O)c2ccc(OC(F)F)cc2)c(F)c1. The van der Waals surface area contributed by atoms with Crippen LogP contribution < -0.4 is 14.8 Å². The van der Waals surface area contributed by atoms with Gasteiger partial charge in [0, 0.05) is 30.1 Å². The molecular weight excluding hydrogens is 446 g/mol. The van der Waals surface area contributed by atoms with Crippen LogP contribution in [0.2, 0.25) is 0 Å². The summed E-state index contributed by atoms with van der Waals surface area (Å²) in [6.07, 6.45) is 2.78. The largest absolute Gasteiger partial charge is 0.497 e. The number of aromatic amines is 1. The van der Waals surface area contributed by atoms with E-state index < -0.39 is 29.8 Å². The second-order valence-corrected chi connectivity index (χ2v) is 6.59. The number of alkyl halides is 2. The third-order valence-corrected chi connectivity index (χ3v) is 4.52. The van der Waals surface area contributed by atoms with Gasteiger partial charge in [-0.25, -0.2) is 13.8 Å². The van der Waals surface area contributed by atoms with Crippen LogP contribution in [0, 0.1) is 11.6 Å². The number of nitrogens with one attached hydrogen (secondary N) is 2. The van der Waals surface area contributed by atoms with E-state index in [0.29, 0.717) is 5.69 Å². The normalized spacial score (nSPS) is 11.0. The van der Waals surface area contributed by atoms with E-state index in [2.05, 4.69) is 25.2 Å². The van der Waals surface area contributed by atoms with Crippen LogP contribution in [0.25, 0.3) is 17.1 Å². The fourth-order valence-corrected chi connectivity index (χ4v) is 3.02. The Morgan fingerprint density at radius 1 is 1.09 bits per heavy atom. The number of anilines is 1. The summed E-state index contributed by atoms with van der Waals surface area (Å²) in [4.78, 5) is 17.0. The quantitative estimate of drug-likeness (QED) is 0.398. The smallest absolute Gasteiger partial charge is 0.387 e. The van der Waals surface area contributed by atoms with Crippen molar-refractivity contribution in [3.8, 4) is 28.6 Å². The summed E-state index contributed by atoms with van der Waals surface area (Å²) in [6, 6.07) is 8.44. The Balaban J connectivity index is 1.71. The molecule has 8 nitrogen and oxygen atoms in total. The molecule has 0 unspecified atom stereocenters. The van der Waals surface area contributed by atoms with Crippen molar-refractivity contribution in [2.24, 2.45) is 0 Å². The first kappa shape index (κ1) is 21.9. The van der Waals surface area contributed by atoms with Gasteiger partial charge in [0.2, 0.25) is 5.95 Å². The molecule has 12 heteroatoms. The Kier molecular flexibility index (Phi) is 5.98. The molecule has 0 saturated carbocycles. The summed E-state index contributed by atoms with van der Waals surface area (Å²) in [6.45, 7) is -3.01. The molecule has 2 N–H and O–H groups in total. The van der Waals surface area contributed by atoms with Gasteiger partial charge < -0.3 is 9.47 Å². The maximum atomic E-state index is 14.7. The van der Waals surface area contributed by atoms with Gasteiger partial charge in [-0.1, -0.05) is 0 Å². The molecule has 1 amide bonds. The molecule has 170 valence electrons. The zero-order valence-corrected chi connectivity index (χ0v) is 16.9. The average molecular weight is 461 g/mol. The molecule has 0 aliphatic carbocycles. The second-order valence-electron chi connectivity index (χ2n) is 6.59. The molecule has 2 heterocycles. The number of rotatable bonds is 7. The summed E-state index contributed by atoms with van der Waals surface area (Å²) in [7, 11) is 1.27. The molecule has 0 aliphatic heterocycles. The van der Waals surface area contributed by atoms with E-state index in [1.165, 1.54) is 43.8 Å². The number of nitrogens with zero attached hydrogens (tertiary/aromatic N) is 3. The van der Waals surface area contributed by atoms with Gasteiger partial charge in [-0.15, -0.1) is 0 Å². The summed E-state index contributed by atoms with van der Waals surface area (Å²) < 4.78 is 64.3. The summed E-state index contributed by atoms with van der Waals surface area (Å²) >= 11 is 0. The molecule has 4 aromatic rings. The average Bonchev–Trinajstić information content (AvgIpc) is 3.44. The van der Waals surface area contributed by atoms with Gasteiger partial charge in [0.05, 0.1) is 12.8 Å². The first-order chi connectivity index (χ1) is 15.9. The highest BCUT2D eigenvalue weighted by molar-refractivity contribution is 6.03. The number of benzene rings is 2. The molecule has 0 fully saturated rings. The zero-order chi connectivity index (χ0) is 23.5. The molecule has 0 bridgehead atoms. The van der Waals surface area contributed by atoms with Gasteiger partial charge >= 0.3 is 6.61 Å². The number of hydrogen-bond donors (Lipinski definition) is 2. The molecular formula is C21H15F4N5O3. The number of methoxy groups -OCH3 is 1. The minimum absolute atomic E-state index is 0.0284. The first-order valence-electron chi connectivity index (χ1n) is 9.34. The first-order valence-corrected chi connectivity index (χ1v) is 9.34. The maximum absolute atomic E-state index is 14.7. The van der Waals surface area contributed by atoms with Crippen molar-refractivity contribution < 1.29 is 31.8 Å². The van der Waals surface area contributed by atoms with Gasteiger partial charge in [0.15, 0.2) is 11.6 Å². The fraction of sp³-hybridized carbons (Fsp3) is 0.0952. The number of imidazole rings is 1. The number of carbonyl (C=O) groups is 1. The topological polar surface area (TPSA) is 94.1 Å². The number of ether oxygens (including phenoxy) is 2. The highest BCUT2D eigenvalue weighted by Crippen LogP contribution is 2.29. The highest BCUT2D eigenvalue weighted by Gasteiger charge is 2.21. The summed E-state index contributed by atoms with van der Waals surface area (Å²) in [5.41, 5.74) is 0.264. The third kappa shape index (κ3) is 4.63. The number of hydrogen-bond acceptors (Lipinski definition) is 5. The lowest BCUT2D eigenvalue weighted by atomic mass is 10.2. The van der Waals surface area contributed by atoms with Crippen LogP contribution in [0.15, 0.2) is 54.9 Å². The van der Waals surface area contributed by atoms with Crippen LogP contribution >= 0.6 is 0 Å². The van der Waals surface area contributed by atoms with Crippen LogP contribution in [0.3, 0.4) is 0 Å². The van der Waals surface area contributed by atoms with E-state index in [1.807, 2.05) is 0 Å². The number of carbonyl (C=O) groups excluding carboxylic acids is 1. The van der Waals surface area contributed by atoms with E-state index >= 15 is 0 Å². The number of halogens is 4. The van der Waals surface area contributed by atoms with Gasteiger partial charge in [-0.3, -0.25) is 19.8 Å². The monoisotopic (exact) mass is 461 g/mol. The number of aromatic nitrogens is 4. The Morgan fingerprint density at radius 3 is 2.36 bits per heavy atom. The Morgan fingerprint density at radius 2 is 1.79 bits per heavy atom. The van der Waals surface area contributed by atoms with E-state index in [-0.39, 0.29) is 28.7 Å². The van der Waals surface area contributed by atoms with Crippen molar-refractivity contribution in [3.05, 3.63) is 72.1 Å². The Hall–Kier alpha value is -4.35. The minimum atomic E-state index is -3.01. The fourth-order valence-electron chi connectivity index (χ4n) is 3.02. The molecule has 2 aromatic carbocycles. The van der Waals surface area contributed by atoms with Gasteiger partial charge in [0.25, 0.3) is 5.91 Å². The van der Waals surface area contributed by atoms with Crippen molar-refractivity contribution in [3.63, 3.8) is 0 Å². The van der Waals surface area contributed by atoms with E-state index in [1.54, 1.807) is 6.07 Å².